The van der Waals surface area contributed by atoms with Crippen molar-refractivity contribution in [3.63, 3.8) is 0 Å². The van der Waals surface area contributed by atoms with E-state index in [-0.39, 0.29) is 5.91 Å². The molecule has 2 N–H and O–H groups in total. The van der Waals surface area contributed by atoms with E-state index >= 15 is 0 Å². The minimum absolute atomic E-state index is 0.180. The van der Waals surface area contributed by atoms with Crippen molar-refractivity contribution in [3.05, 3.63) is 29.2 Å². The molecule has 0 bridgehead atoms. The van der Waals surface area contributed by atoms with Gasteiger partial charge in [0, 0.05) is 18.3 Å². The standard InChI is InChI=1S/C14H21N5O/c1-5-10-7-13(17-16-10)15-14(20)12-8-11(9(3)4)18-19(12)6-2/h7-9H,5-6H2,1-4H3,(H2,15,16,17,20). The number of hydrogen-bond acceptors (Lipinski definition) is 3. The lowest BCUT2D eigenvalue weighted by Gasteiger charge is -2.03. The van der Waals surface area contributed by atoms with Gasteiger partial charge in [-0.3, -0.25) is 14.6 Å². The molecular weight excluding hydrogens is 254 g/mol. The van der Waals surface area contributed by atoms with Gasteiger partial charge in [-0.05, 0) is 25.3 Å². The molecule has 0 radical (unpaired) electrons. The number of carbonyl (C=O) groups is 1. The number of anilines is 1. The highest BCUT2D eigenvalue weighted by atomic mass is 16.2. The molecule has 6 nitrogen and oxygen atoms in total. The fourth-order valence-electron chi connectivity index (χ4n) is 1.93. The molecule has 2 aromatic heterocycles. The van der Waals surface area contributed by atoms with E-state index in [2.05, 4.69) is 34.5 Å². The van der Waals surface area contributed by atoms with Crippen molar-refractivity contribution in [1.82, 2.24) is 20.0 Å². The number of hydrogen-bond donors (Lipinski definition) is 2. The van der Waals surface area contributed by atoms with Crippen molar-refractivity contribution in [1.29, 1.82) is 0 Å². The van der Waals surface area contributed by atoms with Crippen LogP contribution < -0.4 is 5.32 Å². The van der Waals surface area contributed by atoms with Crippen molar-refractivity contribution in [2.45, 2.75) is 46.6 Å². The van der Waals surface area contributed by atoms with Crippen LogP contribution in [-0.4, -0.2) is 25.9 Å². The summed E-state index contributed by atoms with van der Waals surface area (Å²) in [4.78, 5) is 12.3. The Morgan fingerprint density at radius 3 is 2.70 bits per heavy atom. The molecule has 2 rings (SSSR count). The van der Waals surface area contributed by atoms with Gasteiger partial charge in [-0.25, -0.2) is 0 Å². The van der Waals surface area contributed by atoms with Crippen molar-refractivity contribution < 1.29 is 4.79 Å². The maximum atomic E-state index is 12.3. The summed E-state index contributed by atoms with van der Waals surface area (Å²) in [5.74, 6) is 0.661. The summed E-state index contributed by atoms with van der Waals surface area (Å²) in [6.45, 7) is 8.78. The monoisotopic (exact) mass is 275 g/mol. The van der Waals surface area contributed by atoms with Crippen molar-refractivity contribution >= 4 is 11.7 Å². The zero-order chi connectivity index (χ0) is 14.7. The number of aromatic nitrogens is 4. The van der Waals surface area contributed by atoms with Gasteiger partial charge in [0.15, 0.2) is 5.82 Å². The molecule has 0 spiro atoms. The van der Waals surface area contributed by atoms with Crippen LogP contribution in [0, 0.1) is 0 Å². The first-order valence-corrected chi connectivity index (χ1v) is 6.98. The molecule has 0 aliphatic rings. The molecule has 0 unspecified atom stereocenters. The van der Waals surface area contributed by atoms with Crippen molar-refractivity contribution in [2.24, 2.45) is 0 Å². The third-order valence-electron chi connectivity index (χ3n) is 3.18. The second-order valence-corrected chi connectivity index (χ2v) is 5.01. The summed E-state index contributed by atoms with van der Waals surface area (Å²) in [6, 6.07) is 3.69. The summed E-state index contributed by atoms with van der Waals surface area (Å²) >= 11 is 0. The predicted molar refractivity (Wildman–Crippen MR) is 77.9 cm³/mol. The molecule has 0 fully saturated rings. The normalized spacial score (nSPS) is 11.1. The molecule has 0 aliphatic heterocycles. The van der Waals surface area contributed by atoms with Gasteiger partial charge in [-0.2, -0.15) is 10.2 Å². The maximum absolute atomic E-state index is 12.3. The van der Waals surface area contributed by atoms with E-state index in [9.17, 15) is 4.79 Å². The Morgan fingerprint density at radius 1 is 1.40 bits per heavy atom. The quantitative estimate of drug-likeness (QED) is 0.880. The number of H-pyrrole nitrogens is 1. The third-order valence-corrected chi connectivity index (χ3v) is 3.18. The van der Waals surface area contributed by atoms with Crippen LogP contribution in [0.1, 0.15) is 55.5 Å². The zero-order valence-electron chi connectivity index (χ0n) is 12.4. The lowest BCUT2D eigenvalue weighted by atomic mass is 10.1. The number of rotatable bonds is 5. The van der Waals surface area contributed by atoms with Gasteiger partial charge < -0.3 is 5.32 Å². The summed E-state index contributed by atoms with van der Waals surface area (Å²) in [5.41, 5.74) is 2.48. The van der Waals surface area contributed by atoms with Gasteiger partial charge in [-0.1, -0.05) is 20.8 Å². The molecule has 2 heterocycles. The molecule has 1 amide bonds. The van der Waals surface area contributed by atoms with E-state index in [0.29, 0.717) is 24.0 Å². The van der Waals surface area contributed by atoms with Crippen LogP contribution in [0.25, 0.3) is 0 Å². The van der Waals surface area contributed by atoms with Gasteiger partial charge in [-0.15, -0.1) is 0 Å². The molecule has 0 atom stereocenters. The Hall–Kier alpha value is -2.11. The number of aryl methyl sites for hydroxylation is 2. The summed E-state index contributed by atoms with van der Waals surface area (Å²) in [7, 11) is 0. The first-order valence-electron chi connectivity index (χ1n) is 6.98. The first kappa shape index (κ1) is 14.3. The van der Waals surface area contributed by atoms with Crippen LogP contribution >= 0.6 is 0 Å². The second-order valence-electron chi connectivity index (χ2n) is 5.01. The van der Waals surface area contributed by atoms with Crippen molar-refractivity contribution in [3.8, 4) is 0 Å². The molecule has 20 heavy (non-hydrogen) atoms. The Bertz CT molecular complexity index is 596. The average molecular weight is 275 g/mol. The highest BCUT2D eigenvalue weighted by molar-refractivity contribution is 6.02. The SMILES string of the molecule is CCc1cc(NC(=O)c2cc(C(C)C)nn2CC)n[nH]1. The number of carbonyl (C=O) groups excluding carboxylic acids is 1. The molecule has 0 saturated heterocycles. The summed E-state index contributed by atoms with van der Waals surface area (Å²) in [5, 5.41) is 14.2. The minimum Gasteiger partial charge on any atom is -0.304 e. The lowest BCUT2D eigenvalue weighted by Crippen LogP contribution is -2.17. The minimum atomic E-state index is -0.180. The van der Waals surface area contributed by atoms with Crippen LogP contribution in [0.5, 0.6) is 0 Å². The van der Waals surface area contributed by atoms with E-state index in [4.69, 9.17) is 0 Å². The zero-order valence-corrected chi connectivity index (χ0v) is 12.4. The van der Waals surface area contributed by atoms with Gasteiger partial charge >= 0.3 is 0 Å². The second kappa shape index (κ2) is 5.90. The molecule has 0 aliphatic carbocycles. The summed E-state index contributed by atoms with van der Waals surface area (Å²) < 4.78 is 1.72. The van der Waals surface area contributed by atoms with Crippen LogP contribution in [0.2, 0.25) is 0 Å². The van der Waals surface area contributed by atoms with Crippen LogP contribution in [0.3, 0.4) is 0 Å². The molecule has 0 saturated carbocycles. The molecule has 6 heteroatoms. The number of aromatic amines is 1. The smallest absolute Gasteiger partial charge is 0.275 e. The maximum Gasteiger partial charge on any atom is 0.275 e. The van der Waals surface area contributed by atoms with Gasteiger partial charge in [0.25, 0.3) is 5.91 Å². The third kappa shape index (κ3) is 2.89. The van der Waals surface area contributed by atoms with Crippen LogP contribution in [-0.2, 0) is 13.0 Å². The van der Waals surface area contributed by atoms with Crippen LogP contribution in [0.4, 0.5) is 5.82 Å². The largest absolute Gasteiger partial charge is 0.304 e. The predicted octanol–water partition coefficient (Wildman–Crippen LogP) is 2.56. The molecule has 108 valence electrons. The van der Waals surface area contributed by atoms with E-state index in [1.54, 1.807) is 4.68 Å². The van der Waals surface area contributed by atoms with E-state index in [0.717, 1.165) is 17.8 Å². The van der Waals surface area contributed by atoms with Crippen LogP contribution in [0.15, 0.2) is 12.1 Å². The topological polar surface area (TPSA) is 75.6 Å². The molecule has 0 aromatic carbocycles. The molecule has 2 aromatic rings. The van der Waals surface area contributed by atoms with E-state index in [1.807, 2.05) is 26.0 Å². The number of nitrogens with zero attached hydrogens (tertiary/aromatic N) is 3. The Morgan fingerprint density at radius 2 is 2.15 bits per heavy atom. The van der Waals surface area contributed by atoms with Crippen molar-refractivity contribution in [2.75, 3.05) is 5.32 Å². The highest BCUT2D eigenvalue weighted by Gasteiger charge is 2.17. The molecular formula is C14H21N5O. The Kier molecular flexibility index (Phi) is 4.22. The van der Waals surface area contributed by atoms with Gasteiger partial charge in [0.1, 0.15) is 5.69 Å². The Balaban J connectivity index is 2.19. The highest BCUT2D eigenvalue weighted by Crippen LogP contribution is 2.16. The Labute approximate surface area is 118 Å². The number of amides is 1. The number of nitrogens with one attached hydrogen (secondary N) is 2. The average Bonchev–Trinajstić information content (AvgIpc) is 3.04. The lowest BCUT2D eigenvalue weighted by molar-refractivity contribution is 0.101. The fraction of sp³-hybridized carbons (Fsp3) is 0.500. The fourth-order valence-corrected chi connectivity index (χ4v) is 1.93. The summed E-state index contributed by atoms with van der Waals surface area (Å²) in [6.07, 6.45) is 0.854. The van der Waals surface area contributed by atoms with Gasteiger partial charge in [0.05, 0.1) is 5.69 Å². The first-order chi connectivity index (χ1) is 9.55. The van der Waals surface area contributed by atoms with E-state index in [1.165, 1.54) is 0 Å². The van der Waals surface area contributed by atoms with E-state index < -0.39 is 0 Å². The van der Waals surface area contributed by atoms with Gasteiger partial charge in [0.2, 0.25) is 0 Å².